The van der Waals surface area contributed by atoms with Crippen LogP contribution >= 0.6 is 0 Å². The lowest BCUT2D eigenvalue weighted by Crippen LogP contribution is -2.38. The maximum Gasteiger partial charge on any atom is 0.407 e. The van der Waals surface area contributed by atoms with E-state index < -0.39 is 23.9 Å². The maximum absolute atomic E-state index is 11.5. The molecule has 126 valence electrons. The fourth-order valence-electron chi connectivity index (χ4n) is 1.85. The van der Waals surface area contributed by atoms with Gasteiger partial charge in [-0.3, -0.25) is 0 Å². The van der Waals surface area contributed by atoms with E-state index in [0.717, 1.165) is 0 Å². The number of carbonyl (C=O) groups excluding carboxylic acids is 1. The van der Waals surface area contributed by atoms with Crippen LogP contribution in [0.3, 0.4) is 0 Å². The number of hydrogen-bond acceptors (Lipinski definition) is 6. The zero-order chi connectivity index (χ0) is 17.6. The molecule has 0 aromatic heterocycles. The van der Waals surface area contributed by atoms with Crippen LogP contribution < -0.4 is 10.1 Å². The molecule has 7 nitrogen and oxygen atoms in total. The van der Waals surface area contributed by atoms with Gasteiger partial charge in [0.15, 0.2) is 0 Å². The van der Waals surface area contributed by atoms with Gasteiger partial charge in [-0.25, -0.2) is 4.79 Å². The van der Waals surface area contributed by atoms with Gasteiger partial charge in [0.05, 0.1) is 18.7 Å². The van der Waals surface area contributed by atoms with Crippen molar-refractivity contribution >= 4 is 6.09 Å². The van der Waals surface area contributed by atoms with Crippen LogP contribution in [0.1, 0.15) is 38.0 Å². The first kappa shape index (κ1) is 18.7. The van der Waals surface area contributed by atoms with Crippen LogP contribution in [0.5, 0.6) is 5.75 Å². The van der Waals surface area contributed by atoms with Gasteiger partial charge in [-0.1, -0.05) is 6.07 Å². The molecule has 7 heteroatoms. The van der Waals surface area contributed by atoms with Crippen LogP contribution in [-0.4, -0.2) is 41.7 Å². The van der Waals surface area contributed by atoms with Crippen molar-refractivity contribution in [2.75, 3.05) is 13.7 Å². The zero-order valence-electron chi connectivity index (χ0n) is 13.7. The topological polar surface area (TPSA) is 112 Å². The van der Waals surface area contributed by atoms with Crippen molar-refractivity contribution in [1.82, 2.24) is 5.32 Å². The van der Waals surface area contributed by atoms with E-state index in [1.54, 1.807) is 20.8 Å². The first-order chi connectivity index (χ1) is 10.7. The average Bonchev–Trinajstić information content (AvgIpc) is 2.49. The summed E-state index contributed by atoms with van der Waals surface area (Å²) in [4.78, 5) is 11.5. The highest BCUT2D eigenvalue weighted by atomic mass is 16.6. The Balaban J connectivity index is 2.72. The van der Waals surface area contributed by atoms with Crippen molar-refractivity contribution in [2.45, 2.75) is 38.6 Å². The van der Waals surface area contributed by atoms with Gasteiger partial charge in [-0.15, -0.1) is 0 Å². The summed E-state index contributed by atoms with van der Waals surface area (Å²) in [6.07, 6.45) is -3.23. The molecule has 0 spiro atoms. The highest BCUT2D eigenvalue weighted by Gasteiger charge is 2.24. The monoisotopic (exact) mass is 322 g/mol. The lowest BCUT2D eigenvalue weighted by Gasteiger charge is -2.23. The lowest BCUT2D eigenvalue weighted by molar-refractivity contribution is 0.0119. The number of hydrogen-bond donors (Lipinski definition) is 3. The van der Waals surface area contributed by atoms with Crippen molar-refractivity contribution in [2.24, 2.45) is 0 Å². The summed E-state index contributed by atoms with van der Waals surface area (Å²) in [6, 6.07) is 6.43. The molecular weight excluding hydrogens is 300 g/mol. The normalized spacial score (nSPS) is 13.6. The SMILES string of the molecule is COc1cc(C#N)ccc1C(O)C(O)CNC(=O)OC(C)(C)C. The van der Waals surface area contributed by atoms with Crippen LogP contribution in [0, 0.1) is 11.3 Å². The standard InChI is InChI=1S/C16H22N2O5/c1-16(2,3)23-15(21)18-9-12(19)14(20)11-6-5-10(8-17)7-13(11)22-4/h5-7,12,14,19-20H,9H2,1-4H3,(H,18,21). The second-order valence-electron chi connectivity index (χ2n) is 5.96. The van der Waals surface area contributed by atoms with E-state index in [1.165, 1.54) is 25.3 Å². The van der Waals surface area contributed by atoms with Gasteiger partial charge in [0, 0.05) is 12.1 Å². The Hall–Kier alpha value is -2.30. The highest BCUT2D eigenvalue weighted by Crippen LogP contribution is 2.28. The molecular formula is C16H22N2O5. The van der Waals surface area contributed by atoms with Crippen molar-refractivity contribution in [3.63, 3.8) is 0 Å². The minimum absolute atomic E-state index is 0.195. The Bertz CT molecular complexity index is 589. The molecule has 0 aliphatic carbocycles. The van der Waals surface area contributed by atoms with Crippen molar-refractivity contribution in [3.05, 3.63) is 29.3 Å². The van der Waals surface area contributed by atoms with E-state index in [0.29, 0.717) is 11.1 Å². The summed E-state index contributed by atoms with van der Waals surface area (Å²) in [7, 11) is 1.40. The molecule has 3 N–H and O–H groups in total. The van der Waals surface area contributed by atoms with Crippen LogP contribution in [-0.2, 0) is 4.74 Å². The fraction of sp³-hybridized carbons (Fsp3) is 0.500. The summed E-state index contributed by atoms with van der Waals surface area (Å²) in [5, 5.41) is 31.5. The lowest BCUT2D eigenvalue weighted by atomic mass is 10.0. The number of alkyl carbamates (subject to hydrolysis) is 1. The third-order valence-electron chi connectivity index (χ3n) is 2.90. The average molecular weight is 322 g/mol. The molecule has 0 radical (unpaired) electrons. The zero-order valence-corrected chi connectivity index (χ0v) is 13.7. The fourth-order valence-corrected chi connectivity index (χ4v) is 1.85. The Morgan fingerprint density at radius 2 is 2.04 bits per heavy atom. The number of ether oxygens (including phenoxy) is 2. The molecule has 23 heavy (non-hydrogen) atoms. The number of amides is 1. The minimum Gasteiger partial charge on any atom is -0.496 e. The van der Waals surface area contributed by atoms with Crippen molar-refractivity contribution < 1.29 is 24.5 Å². The van der Waals surface area contributed by atoms with E-state index in [9.17, 15) is 15.0 Å². The first-order valence-electron chi connectivity index (χ1n) is 7.09. The second kappa shape index (κ2) is 7.81. The van der Waals surface area contributed by atoms with E-state index >= 15 is 0 Å². The Morgan fingerprint density at radius 1 is 1.39 bits per heavy atom. The molecule has 2 atom stereocenters. The molecule has 1 aromatic rings. The number of nitriles is 1. The minimum atomic E-state index is -1.28. The number of aliphatic hydroxyl groups excluding tert-OH is 2. The molecule has 0 fully saturated rings. The number of nitrogens with zero attached hydrogens (tertiary/aromatic N) is 1. The highest BCUT2D eigenvalue weighted by molar-refractivity contribution is 5.67. The molecule has 1 amide bonds. The number of aliphatic hydroxyl groups is 2. The third-order valence-corrected chi connectivity index (χ3v) is 2.90. The van der Waals surface area contributed by atoms with Gasteiger partial charge in [0.25, 0.3) is 0 Å². The molecule has 0 heterocycles. The van der Waals surface area contributed by atoms with Gasteiger partial charge in [-0.05, 0) is 32.9 Å². The van der Waals surface area contributed by atoms with Gasteiger partial charge < -0.3 is 25.0 Å². The van der Waals surface area contributed by atoms with Crippen LogP contribution in [0.25, 0.3) is 0 Å². The molecule has 0 saturated heterocycles. The summed E-state index contributed by atoms with van der Waals surface area (Å²) in [5.74, 6) is 0.285. The Morgan fingerprint density at radius 3 is 2.57 bits per heavy atom. The summed E-state index contributed by atoms with van der Waals surface area (Å²) < 4.78 is 10.2. The predicted octanol–water partition coefficient (Wildman–Crippen LogP) is 1.49. The van der Waals surface area contributed by atoms with E-state index in [4.69, 9.17) is 14.7 Å². The predicted molar refractivity (Wildman–Crippen MR) is 82.9 cm³/mol. The van der Waals surface area contributed by atoms with Gasteiger partial charge in [0.1, 0.15) is 23.6 Å². The summed E-state index contributed by atoms with van der Waals surface area (Å²) in [6.45, 7) is 4.97. The third kappa shape index (κ3) is 5.77. The maximum atomic E-state index is 11.5. The van der Waals surface area contributed by atoms with Crippen molar-refractivity contribution in [1.29, 1.82) is 5.26 Å². The number of carbonyl (C=O) groups is 1. The number of rotatable bonds is 5. The summed E-state index contributed by atoms with van der Waals surface area (Å²) in [5.41, 5.74) is 0.0495. The largest absolute Gasteiger partial charge is 0.496 e. The van der Waals surface area contributed by atoms with Gasteiger partial charge >= 0.3 is 6.09 Å². The molecule has 0 aliphatic heterocycles. The molecule has 0 bridgehead atoms. The van der Waals surface area contributed by atoms with E-state index in [1.807, 2.05) is 6.07 Å². The van der Waals surface area contributed by atoms with Gasteiger partial charge in [0.2, 0.25) is 0 Å². The van der Waals surface area contributed by atoms with Crippen LogP contribution in [0.2, 0.25) is 0 Å². The smallest absolute Gasteiger partial charge is 0.407 e. The number of nitrogens with one attached hydrogen (secondary N) is 1. The van der Waals surface area contributed by atoms with Gasteiger partial charge in [-0.2, -0.15) is 5.26 Å². The number of benzene rings is 1. The Labute approximate surface area is 135 Å². The van der Waals surface area contributed by atoms with Crippen LogP contribution in [0.15, 0.2) is 18.2 Å². The molecule has 0 aliphatic rings. The molecule has 0 saturated carbocycles. The second-order valence-corrected chi connectivity index (χ2v) is 5.96. The molecule has 1 aromatic carbocycles. The quantitative estimate of drug-likeness (QED) is 0.757. The van der Waals surface area contributed by atoms with Crippen molar-refractivity contribution in [3.8, 4) is 11.8 Å². The molecule has 2 unspecified atom stereocenters. The van der Waals surface area contributed by atoms with Crippen LogP contribution in [0.4, 0.5) is 4.79 Å². The van der Waals surface area contributed by atoms with E-state index in [2.05, 4.69) is 5.32 Å². The number of methoxy groups -OCH3 is 1. The van der Waals surface area contributed by atoms with E-state index in [-0.39, 0.29) is 12.3 Å². The Kier molecular flexibility index (Phi) is 6.37. The molecule has 1 rings (SSSR count). The first-order valence-corrected chi connectivity index (χ1v) is 7.09. The summed E-state index contributed by atoms with van der Waals surface area (Å²) >= 11 is 0.